The van der Waals surface area contributed by atoms with E-state index in [9.17, 15) is 4.79 Å². The first-order valence-electron chi connectivity index (χ1n) is 5.49. The molecule has 1 unspecified atom stereocenters. The van der Waals surface area contributed by atoms with Crippen LogP contribution < -0.4 is 5.48 Å². The number of hydrogen-bond acceptors (Lipinski definition) is 2. The number of carbonyl (C=O) groups is 1. The molecule has 5 heteroatoms. The molecule has 0 aromatic carbocycles. The first kappa shape index (κ1) is 15.7. The van der Waals surface area contributed by atoms with E-state index in [-0.39, 0.29) is 5.73 Å². The zero-order chi connectivity index (χ0) is 13.3. The van der Waals surface area contributed by atoms with Crippen LogP contribution in [-0.2, 0) is 4.84 Å². The first-order valence-corrected chi connectivity index (χ1v) is 8.19. The van der Waals surface area contributed by atoms with Crippen molar-refractivity contribution in [3.05, 3.63) is 38.0 Å². The van der Waals surface area contributed by atoms with E-state index in [0.717, 1.165) is 18.1 Å². The lowest BCUT2D eigenvalue weighted by Gasteiger charge is -2.34. The van der Waals surface area contributed by atoms with E-state index < -0.39 is 14.2 Å². The minimum absolute atomic E-state index is 0.160. The Morgan fingerprint density at radius 1 is 1.29 bits per heavy atom. The quantitative estimate of drug-likeness (QED) is 0.378. The maximum atomic E-state index is 10.4. The van der Waals surface area contributed by atoms with Crippen molar-refractivity contribution in [1.82, 2.24) is 5.48 Å². The van der Waals surface area contributed by atoms with Crippen molar-refractivity contribution in [3.8, 4) is 0 Å². The first-order chi connectivity index (χ1) is 8.02. The number of hydrogen-bond donors (Lipinski definition) is 2. The second-order valence-electron chi connectivity index (χ2n) is 4.01. The van der Waals surface area contributed by atoms with Gasteiger partial charge < -0.3 is 5.11 Å². The van der Waals surface area contributed by atoms with E-state index in [1.165, 1.54) is 0 Å². The maximum Gasteiger partial charge on any atom is 0.428 e. The predicted molar refractivity (Wildman–Crippen MR) is 72.5 cm³/mol. The highest BCUT2D eigenvalue weighted by molar-refractivity contribution is 6.82. The zero-order valence-corrected chi connectivity index (χ0v) is 11.3. The lowest BCUT2D eigenvalue weighted by molar-refractivity contribution is 0.0250. The summed E-state index contributed by atoms with van der Waals surface area (Å²) in [6.45, 7) is 13.2. The molecular weight excluding hydrogens is 234 g/mol. The van der Waals surface area contributed by atoms with Crippen LogP contribution >= 0.6 is 0 Å². The molecule has 17 heavy (non-hydrogen) atoms. The second kappa shape index (κ2) is 7.86. The largest absolute Gasteiger partial charge is 0.464 e. The molecule has 0 heterocycles. The van der Waals surface area contributed by atoms with Crippen LogP contribution in [-0.4, -0.2) is 25.0 Å². The third-order valence-corrected chi connectivity index (χ3v) is 7.99. The van der Waals surface area contributed by atoms with E-state index in [4.69, 9.17) is 9.94 Å². The summed E-state index contributed by atoms with van der Waals surface area (Å²) in [7, 11) is -1.87. The van der Waals surface area contributed by atoms with Gasteiger partial charge in [0, 0.05) is 0 Å². The van der Waals surface area contributed by atoms with E-state index in [1.54, 1.807) is 0 Å². The standard InChI is InChI=1S/C12H21NO3Si/c1-5-8-17(9-6-2,10-7-3)11(4)16-13-12(14)15/h5-7,11,13H,1-3,8-10H2,4H3,(H,14,15). The normalized spacial score (nSPS) is 12.5. The van der Waals surface area contributed by atoms with E-state index in [0.29, 0.717) is 0 Å². The molecule has 0 aliphatic rings. The van der Waals surface area contributed by atoms with Gasteiger partial charge in [-0.25, -0.2) is 4.79 Å². The fraction of sp³-hybridized carbons (Fsp3) is 0.417. The van der Waals surface area contributed by atoms with Gasteiger partial charge in [-0.15, -0.1) is 19.7 Å². The average Bonchev–Trinajstić information content (AvgIpc) is 2.26. The SMILES string of the molecule is C=CC[Si](CC=C)(CC=C)C(C)ONC(=O)O. The molecule has 96 valence electrons. The monoisotopic (exact) mass is 255 g/mol. The second-order valence-corrected chi connectivity index (χ2v) is 8.77. The summed E-state index contributed by atoms with van der Waals surface area (Å²) in [6.07, 6.45) is 4.40. The lowest BCUT2D eigenvalue weighted by atomic mass is 10.7. The molecule has 0 aromatic heterocycles. The van der Waals surface area contributed by atoms with Crippen molar-refractivity contribution >= 4 is 14.2 Å². The van der Waals surface area contributed by atoms with E-state index in [2.05, 4.69) is 19.7 Å². The Kier molecular flexibility index (Phi) is 7.25. The smallest absolute Gasteiger partial charge is 0.428 e. The van der Waals surface area contributed by atoms with Crippen molar-refractivity contribution in [2.75, 3.05) is 0 Å². The van der Waals surface area contributed by atoms with E-state index >= 15 is 0 Å². The molecule has 2 N–H and O–H groups in total. The van der Waals surface area contributed by atoms with Crippen molar-refractivity contribution in [2.24, 2.45) is 0 Å². The molecule has 1 atom stereocenters. The van der Waals surface area contributed by atoms with Gasteiger partial charge in [0.05, 0.1) is 5.73 Å². The van der Waals surface area contributed by atoms with Gasteiger partial charge in [-0.2, -0.15) is 5.48 Å². The summed E-state index contributed by atoms with van der Waals surface area (Å²) in [5.41, 5.74) is 1.81. The van der Waals surface area contributed by atoms with Crippen LogP contribution in [0.25, 0.3) is 0 Å². The van der Waals surface area contributed by atoms with Crippen LogP contribution in [0.1, 0.15) is 6.92 Å². The number of amides is 1. The Hall–Kier alpha value is -1.33. The highest BCUT2D eigenvalue weighted by Gasteiger charge is 2.37. The van der Waals surface area contributed by atoms with Gasteiger partial charge in [0.15, 0.2) is 0 Å². The fourth-order valence-electron chi connectivity index (χ4n) is 1.87. The summed E-state index contributed by atoms with van der Waals surface area (Å²) < 4.78 is 0. The summed E-state index contributed by atoms with van der Waals surface area (Å²) in [5, 5.41) is 8.54. The van der Waals surface area contributed by atoms with Crippen LogP contribution in [0.4, 0.5) is 4.79 Å². The maximum absolute atomic E-state index is 10.4. The Morgan fingerprint density at radius 2 is 1.71 bits per heavy atom. The Balaban J connectivity index is 4.81. The Morgan fingerprint density at radius 3 is 2.00 bits per heavy atom. The fourth-order valence-corrected chi connectivity index (χ4v) is 5.40. The highest BCUT2D eigenvalue weighted by atomic mass is 28.3. The summed E-state index contributed by atoms with van der Waals surface area (Å²) in [6, 6.07) is 2.52. The van der Waals surface area contributed by atoms with Crippen molar-refractivity contribution < 1.29 is 14.7 Å². The van der Waals surface area contributed by atoms with Crippen LogP contribution in [0.2, 0.25) is 18.1 Å². The molecule has 4 nitrogen and oxygen atoms in total. The van der Waals surface area contributed by atoms with Gasteiger partial charge >= 0.3 is 6.09 Å². The summed E-state index contributed by atoms with van der Waals surface area (Å²) in [4.78, 5) is 15.6. The molecule has 1 amide bonds. The van der Waals surface area contributed by atoms with Crippen LogP contribution in [0.3, 0.4) is 0 Å². The topological polar surface area (TPSA) is 58.6 Å². The molecule has 0 radical (unpaired) electrons. The van der Waals surface area contributed by atoms with Crippen LogP contribution in [0, 0.1) is 0 Å². The minimum atomic E-state index is -1.87. The summed E-state index contributed by atoms with van der Waals surface area (Å²) in [5.74, 6) is 0. The number of nitrogens with one attached hydrogen (secondary N) is 1. The van der Waals surface area contributed by atoms with Gasteiger partial charge in [-0.1, -0.05) is 18.2 Å². The molecule has 0 aromatic rings. The Labute approximate surface area is 104 Å². The van der Waals surface area contributed by atoms with Crippen molar-refractivity contribution in [3.63, 3.8) is 0 Å². The van der Waals surface area contributed by atoms with Gasteiger partial charge in [0.25, 0.3) is 0 Å². The molecular formula is C12H21NO3Si. The predicted octanol–water partition coefficient (Wildman–Crippen LogP) is 3.12. The lowest BCUT2D eigenvalue weighted by Crippen LogP contribution is -2.49. The average molecular weight is 255 g/mol. The van der Waals surface area contributed by atoms with Gasteiger partial charge in [-0.05, 0) is 25.1 Å². The third-order valence-electron chi connectivity index (χ3n) is 2.84. The van der Waals surface area contributed by atoms with Gasteiger partial charge in [0.1, 0.15) is 8.07 Å². The molecule has 0 bridgehead atoms. The number of hydroxylamine groups is 1. The number of carboxylic acid groups (broad SMARTS) is 1. The van der Waals surface area contributed by atoms with Crippen LogP contribution in [0.5, 0.6) is 0 Å². The molecule has 0 rings (SSSR count). The van der Waals surface area contributed by atoms with Gasteiger partial charge in [-0.3, -0.25) is 4.84 Å². The number of rotatable bonds is 9. The number of allylic oxidation sites excluding steroid dienone is 3. The zero-order valence-electron chi connectivity index (χ0n) is 10.3. The molecule has 0 saturated carbocycles. The molecule has 0 aliphatic heterocycles. The molecule has 0 fully saturated rings. The van der Waals surface area contributed by atoms with Crippen LogP contribution in [0.15, 0.2) is 38.0 Å². The van der Waals surface area contributed by atoms with E-state index in [1.807, 2.05) is 30.6 Å². The van der Waals surface area contributed by atoms with Crippen molar-refractivity contribution in [2.45, 2.75) is 30.8 Å². The van der Waals surface area contributed by atoms with Gasteiger partial charge in [0.2, 0.25) is 0 Å². The third kappa shape index (κ3) is 5.01. The molecule has 0 aliphatic carbocycles. The minimum Gasteiger partial charge on any atom is -0.464 e. The Bertz CT molecular complexity index is 265. The summed E-state index contributed by atoms with van der Waals surface area (Å²) >= 11 is 0. The van der Waals surface area contributed by atoms with Crippen molar-refractivity contribution in [1.29, 1.82) is 0 Å². The molecule has 0 spiro atoms. The molecule has 0 saturated heterocycles. The highest BCUT2D eigenvalue weighted by Crippen LogP contribution is 2.27.